The Balaban J connectivity index is 2.45. The van der Waals surface area contributed by atoms with Crippen molar-refractivity contribution in [1.29, 1.82) is 0 Å². The highest BCUT2D eigenvalue weighted by Gasteiger charge is 2.39. The number of carbonyl (C=O) groups excluding carboxylic acids is 1. The lowest BCUT2D eigenvalue weighted by Gasteiger charge is -2.30. The van der Waals surface area contributed by atoms with Crippen LogP contribution in [-0.2, 0) is 9.53 Å². The highest BCUT2D eigenvalue weighted by atomic mass is 16.5. The fourth-order valence-electron chi connectivity index (χ4n) is 3.06. The van der Waals surface area contributed by atoms with Crippen LogP contribution in [0.15, 0.2) is 0 Å². The van der Waals surface area contributed by atoms with Gasteiger partial charge >= 0.3 is 5.97 Å². The summed E-state index contributed by atoms with van der Waals surface area (Å²) in [7, 11) is 1.39. The molecule has 0 aromatic rings. The van der Waals surface area contributed by atoms with Crippen molar-refractivity contribution in [3.63, 3.8) is 0 Å². The molecule has 0 spiro atoms. The third-order valence-corrected chi connectivity index (χ3v) is 4.23. The number of hydrogen-bond acceptors (Lipinski definition) is 3. The van der Waals surface area contributed by atoms with Crippen molar-refractivity contribution in [3.05, 3.63) is 0 Å². The Kier molecular flexibility index (Phi) is 4.36. The van der Waals surface area contributed by atoms with Crippen LogP contribution in [0.3, 0.4) is 0 Å². The van der Waals surface area contributed by atoms with E-state index in [1.54, 1.807) is 0 Å². The monoisotopic (exact) mass is 227 g/mol. The molecule has 3 atom stereocenters. The normalized spacial score (nSPS) is 30.1. The number of rotatable bonds is 4. The Hall–Kier alpha value is -0.570. The third kappa shape index (κ3) is 2.97. The van der Waals surface area contributed by atoms with Crippen LogP contribution < -0.4 is 5.73 Å². The molecule has 2 N–H and O–H groups in total. The standard InChI is InChI=1S/C13H25NO2/c1-9-7-8-13(2,3)10(9)5-6-11(14)12(15)16-4/h9-11H,5-8,14H2,1-4H3. The average Bonchev–Trinajstić information content (AvgIpc) is 2.49. The summed E-state index contributed by atoms with van der Waals surface area (Å²) in [4.78, 5) is 11.2. The summed E-state index contributed by atoms with van der Waals surface area (Å²) in [6.45, 7) is 6.96. The quantitative estimate of drug-likeness (QED) is 0.750. The van der Waals surface area contributed by atoms with Crippen molar-refractivity contribution in [2.75, 3.05) is 7.11 Å². The van der Waals surface area contributed by atoms with Gasteiger partial charge in [-0.1, -0.05) is 20.8 Å². The van der Waals surface area contributed by atoms with Crippen LogP contribution in [0.25, 0.3) is 0 Å². The van der Waals surface area contributed by atoms with Crippen LogP contribution >= 0.6 is 0 Å². The first-order chi connectivity index (χ1) is 7.38. The Morgan fingerprint density at radius 3 is 2.62 bits per heavy atom. The second-order valence-corrected chi connectivity index (χ2v) is 5.82. The lowest BCUT2D eigenvalue weighted by molar-refractivity contribution is -0.142. The van der Waals surface area contributed by atoms with Gasteiger partial charge < -0.3 is 10.5 Å². The summed E-state index contributed by atoms with van der Waals surface area (Å²) in [5.74, 6) is 1.14. The second-order valence-electron chi connectivity index (χ2n) is 5.82. The largest absolute Gasteiger partial charge is 0.468 e. The molecule has 1 fully saturated rings. The van der Waals surface area contributed by atoms with Crippen LogP contribution in [0.5, 0.6) is 0 Å². The van der Waals surface area contributed by atoms with Gasteiger partial charge in [-0.3, -0.25) is 4.79 Å². The van der Waals surface area contributed by atoms with Crippen molar-refractivity contribution in [1.82, 2.24) is 0 Å². The molecule has 16 heavy (non-hydrogen) atoms. The van der Waals surface area contributed by atoms with Crippen molar-refractivity contribution in [3.8, 4) is 0 Å². The van der Waals surface area contributed by atoms with Gasteiger partial charge in [-0.15, -0.1) is 0 Å². The molecule has 94 valence electrons. The van der Waals surface area contributed by atoms with E-state index in [4.69, 9.17) is 5.73 Å². The van der Waals surface area contributed by atoms with E-state index in [1.165, 1.54) is 20.0 Å². The number of esters is 1. The topological polar surface area (TPSA) is 52.3 Å². The highest BCUT2D eigenvalue weighted by Crippen LogP contribution is 2.48. The van der Waals surface area contributed by atoms with Gasteiger partial charge in [0, 0.05) is 0 Å². The minimum atomic E-state index is -0.450. The molecule has 0 amide bonds. The molecule has 0 radical (unpaired) electrons. The average molecular weight is 227 g/mol. The molecular weight excluding hydrogens is 202 g/mol. The van der Waals surface area contributed by atoms with Gasteiger partial charge in [-0.2, -0.15) is 0 Å². The van der Waals surface area contributed by atoms with Gasteiger partial charge in [0.25, 0.3) is 0 Å². The van der Waals surface area contributed by atoms with Crippen LogP contribution in [0, 0.1) is 17.3 Å². The number of methoxy groups -OCH3 is 1. The van der Waals surface area contributed by atoms with Crippen LogP contribution in [-0.4, -0.2) is 19.1 Å². The number of ether oxygens (including phenoxy) is 1. The van der Waals surface area contributed by atoms with Crippen LogP contribution in [0.4, 0.5) is 0 Å². The zero-order valence-corrected chi connectivity index (χ0v) is 11.0. The highest BCUT2D eigenvalue weighted by molar-refractivity contribution is 5.75. The molecule has 1 aliphatic carbocycles. The van der Waals surface area contributed by atoms with E-state index in [0.29, 0.717) is 11.3 Å². The van der Waals surface area contributed by atoms with E-state index in [-0.39, 0.29) is 5.97 Å². The molecular formula is C13H25NO2. The maximum absolute atomic E-state index is 11.2. The second kappa shape index (κ2) is 5.17. The van der Waals surface area contributed by atoms with Gasteiger partial charge in [-0.05, 0) is 42.9 Å². The molecule has 0 saturated heterocycles. The van der Waals surface area contributed by atoms with Gasteiger partial charge in [0.05, 0.1) is 7.11 Å². The van der Waals surface area contributed by atoms with Crippen molar-refractivity contribution < 1.29 is 9.53 Å². The van der Waals surface area contributed by atoms with Crippen molar-refractivity contribution >= 4 is 5.97 Å². The van der Waals surface area contributed by atoms with Crippen molar-refractivity contribution in [2.24, 2.45) is 23.0 Å². The van der Waals surface area contributed by atoms with Gasteiger partial charge in [0.2, 0.25) is 0 Å². The Bertz CT molecular complexity index is 250. The van der Waals surface area contributed by atoms with E-state index in [0.717, 1.165) is 18.8 Å². The summed E-state index contributed by atoms with van der Waals surface area (Å²) in [5, 5.41) is 0. The first kappa shape index (κ1) is 13.5. The zero-order chi connectivity index (χ0) is 12.3. The summed E-state index contributed by atoms with van der Waals surface area (Å²) in [6, 6.07) is -0.450. The van der Waals surface area contributed by atoms with E-state index >= 15 is 0 Å². The minimum absolute atomic E-state index is 0.288. The molecule has 0 bridgehead atoms. The molecule has 3 unspecified atom stereocenters. The predicted octanol–water partition coefficient (Wildman–Crippen LogP) is 2.34. The Morgan fingerprint density at radius 1 is 1.56 bits per heavy atom. The van der Waals surface area contributed by atoms with Crippen LogP contribution in [0.2, 0.25) is 0 Å². The maximum Gasteiger partial charge on any atom is 0.322 e. The molecule has 0 heterocycles. The van der Waals surface area contributed by atoms with E-state index in [1.807, 2.05) is 0 Å². The summed E-state index contributed by atoms with van der Waals surface area (Å²) < 4.78 is 4.64. The van der Waals surface area contributed by atoms with Crippen LogP contribution in [0.1, 0.15) is 46.5 Å². The fraction of sp³-hybridized carbons (Fsp3) is 0.923. The molecule has 1 aliphatic rings. The van der Waals surface area contributed by atoms with Crippen molar-refractivity contribution in [2.45, 2.75) is 52.5 Å². The molecule has 1 saturated carbocycles. The first-order valence-corrected chi connectivity index (χ1v) is 6.22. The minimum Gasteiger partial charge on any atom is -0.468 e. The SMILES string of the molecule is COC(=O)C(N)CCC1C(C)CCC1(C)C. The van der Waals surface area contributed by atoms with Gasteiger partial charge in [0.15, 0.2) is 0 Å². The number of nitrogens with two attached hydrogens (primary N) is 1. The molecule has 0 aromatic heterocycles. The number of hydrogen-bond donors (Lipinski definition) is 1. The molecule has 3 heteroatoms. The maximum atomic E-state index is 11.2. The fourth-order valence-corrected chi connectivity index (χ4v) is 3.06. The van der Waals surface area contributed by atoms with Gasteiger partial charge in [0.1, 0.15) is 6.04 Å². The third-order valence-electron chi connectivity index (χ3n) is 4.23. The Morgan fingerprint density at radius 2 is 2.19 bits per heavy atom. The lowest BCUT2D eigenvalue weighted by atomic mass is 9.76. The smallest absolute Gasteiger partial charge is 0.322 e. The summed E-state index contributed by atoms with van der Waals surface area (Å²) in [6.07, 6.45) is 4.35. The summed E-state index contributed by atoms with van der Waals surface area (Å²) in [5.41, 5.74) is 6.16. The molecule has 0 aliphatic heterocycles. The predicted molar refractivity (Wildman–Crippen MR) is 64.9 cm³/mol. The summed E-state index contributed by atoms with van der Waals surface area (Å²) >= 11 is 0. The zero-order valence-electron chi connectivity index (χ0n) is 11.0. The lowest BCUT2D eigenvalue weighted by Crippen LogP contribution is -2.33. The van der Waals surface area contributed by atoms with Gasteiger partial charge in [-0.25, -0.2) is 0 Å². The van der Waals surface area contributed by atoms with E-state index < -0.39 is 6.04 Å². The first-order valence-electron chi connectivity index (χ1n) is 6.22. The number of carbonyl (C=O) groups is 1. The molecule has 3 nitrogen and oxygen atoms in total. The Labute approximate surface area is 98.7 Å². The van der Waals surface area contributed by atoms with E-state index in [2.05, 4.69) is 25.5 Å². The molecule has 1 rings (SSSR count). The van der Waals surface area contributed by atoms with E-state index in [9.17, 15) is 4.79 Å². The molecule has 0 aromatic carbocycles.